The zero-order valence-corrected chi connectivity index (χ0v) is 10.4. The Bertz CT molecular complexity index is 638. The first-order chi connectivity index (χ1) is 9.41. The summed E-state index contributed by atoms with van der Waals surface area (Å²) in [5, 5.41) is 0. The number of carbonyl (C=O) groups is 1. The molecule has 1 aromatic heterocycles. The molecule has 6 heteroatoms. The largest absolute Gasteiger partial charge is 0.465 e. The second-order valence-electron chi connectivity index (χ2n) is 4.00. The fraction of sp³-hybridized carbons (Fsp3) is 0.143. The van der Waals surface area contributed by atoms with E-state index in [4.69, 9.17) is 0 Å². The number of hydrogen-bond acceptors (Lipinski definition) is 3. The first kappa shape index (κ1) is 14.0. The molecule has 104 valence electrons. The van der Waals surface area contributed by atoms with Gasteiger partial charge < -0.3 is 4.74 Å². The number of pyridine rings is 1. The van der Waals surface area contributed by atoms with E-state index in [1.165, 1.54) is 37.6 Å². The van der Waals surface area contributed by atoms with Crippen LogP contribution in [0.1, 0.15) is 15.9 Å². The van der Waals surface area contributed by atoms with E-state index in [9.17, 15) is 18.0 Å². The Morgan fingerprint density at radius 1 is 1.20 bits per heavy atom. The highest BCUT2D eigenvalue weighted by molar-refractivity contribution is 5.90. The van der Waals surface area contributed by atoms with Gasteiger partial charge in [0.2, 0.25) is 0 Å². The summed E-state index contributed by atoms with van der Waals surface area (Å²) in [6.45, 7) is 0. The highest BCUT2D eigenvalue weighted by atomic mass is 19.4. The molecule has 3 nitrogen and oxygen atoms in total. The van der Waals surface area contributed by atoms with Crippen LogP contribution in [-0.4, -0.2) is 18.1 Å². The van der Waals surface area contributed by atoms with Crippen LogP contribution in [0.5, 0.6) is 0 Å². The monoisotopic (exact) mass is 281 g/mol. The Morgan fingerprint density at radius 3 is 2.60 bits per heavy atom. The van der Waals surface area contributed by atoms with Crippen LogP contribution in [0.25, 0.3) is 11.3 Å². The Hall–Kier alpha value is -2.37. The van der Waals surface area contributed by atoms with Gasteiger partial charge in [-0.25, -0.2) is 4.79 Å². The van der Waals surface area contributed by atoms with E-state index in [0.29, 0.717) is 0 Å². The zero-order chi connectivity index (χ0) is 14.8. The van der Waals surface area contributed by atoms with E-state index in [1.54, 1.807) is 0 Å². The van der Waals surface area contributed by atoms with E-state index >= 15 is 0 Å². The Balaban J connectivity index is 2.44. The molecule has 0 aliphatic rings. The predicted octanol–water partition coefficient (Wildman–Crippen LogP) is 3.55. The lowest BCUT2D eigenvalue weighted by Gasteiger charge is -2.09. The van der Waals surface area contributed by atoms with Crippen LogP contribution in [0.3, 0.4) is 0 Å². The summed E-state index contributed by atoms with van der Waals surface area (Å²) in [6.07, 6.45) is -3.07. The van der Waals surface area contributed by atoms with Gasteiger partial charge in [0.1, 0.15) is 0 Å². The lowest BCUT2D eigenvalue weighted by atomic mass is 10.1. The normalized spacial score (nSPS) is 11.2. The Labute approximate surface area is 113 Å². The molecule has 0 aliphatic carbocycles. The summed E-state index contributed by atoms with van der Waals surface area (Å²) in [6, 6.07) is 7.59. The number of ether oxygens (including phenoxy) is 1. The van der Waals surface area contributed by atoms with Gasteiger partial charge >= 0.3 is 12.1 Å². The molecule has 0 radical (unpaired) electrons. The van der Waals surface area contributed by atoms with Crippen molar-refractivity contribution >= 4 is 5.97 Å². The van der Waals surface area contributed by atoms with Gasteiger partial charge in [-0.3, -0.25) is 4.98 Å². The highest BCUT2D eigenvalue weighted by Gasteiger charge is 2.30. The first-order valence-corrected chi connectivity index (χ1v) is 5.64. The molecule has 0 amide bonds. The second kappa shape index (κ2) is 5.32. The van der Waals surface area contributed by atoms with Gasteiger partial charge in [-0.1, -0.05) is 12.1 Å². The van der Waals surface area contributed by atoms with Crippen LogP contribution in [0.2, 0.25) is 0 Å². The van der Waals surface area contributed by atoms with Crippen LogP contribution in [0.15, 0.2) is 42.6 Å². The standard InChI is InChI=1S/C14H10F3NO2/c1-20-13(19)10-5-6-18-12(8-10)9-3-2-4-11(7-9)14(15,16)17/h2-8H,1H3. The predicted molar refractivity (Wildman–Crippen MR) is 66.0 cm³/mol. The maximum absolute atomic E-state index is 12.7. The molecule has 0 saturated heterocycles. The number of alkyl halides is 3. The van der Waals surface area contributed by atoms with E-state index < -0.39 is 17.7 Å². The summed E-state index contributed by atoms with van der Waals surface area (Å²) >= 11 is 0. The molecular formula is C14H10F3NO2. The summed E-state index contributed by atoms with van der Waals surface area (Å²) < 4.78 is 42.5. The van der Waals surface area contributed by atoms with Crippen molar-refractivity contribution in [3.05, 3.63) is 53.7 Å². The number of rotatable bonds is 2. The van der Waals surface area contributed by atoms with Gasteiger partial charge in [0.15, 0.2) is 0 Å². The van der Waals surface area contributed by atoms with Crippen LogP contribution >= 0.6 is 0 Å². The van der Waals surface area contributed by atoms with Gasteiger partial charge in [-0.15, -0.1) is 0 Å². The molecule has 20 heavy (non-hydrogen) atoms. The molecule has 0 saturated carbocycles. The third-order valence-electron chi connectivity index (χ3n) is 2.67. The summed E-state index contributed by atoms with van der Waals surface area (Å²) in [5.74, 6) is -0.569. The first-order valence-electron chi connectivity index (χ1n) is 5.64. The number of methoxy groups -OCH3 is 1. The third kappa shape index (κ3) is 2.96. The molecule has 0 atom stereocenters. The van der Waals surface area contributed by atoms with Gasteiger partial charge in [-0.05, 0) is 24.3 Å². The number of nitrogens with zero attached hydrogens (tertiary/aromatic N) is 1. The fourth-order valence-corrected chi connectivity index (χ4v) is 1.69. The van der Waals surface area contributed by atoms with Crippen LogP contribution in [0.4, 0.5) is 13.2 Å². The number of halogens is 3. The fourth-order valence-electron chi connectivity index (χ4n) is 1.69. The summed E-state index contributed by atoms with van der Waals surface area (Å²) in [5.41, 5.74) is 0.0276. The van der Waals surface area contributed by atoms with Gasteiger partial charge in [0, 0.05) is 11.8 Å². The second-order valence-corrected chi connectivity index (χ2v) is 4.00. The van der Waals surface area contributed by atoms with Crippen molar-refractivity contribution in [2.75, 3.05) is 7.11 Å². The molecule has 0 aliphatic heterocycles. The van der Waals surface area contributed by atoms with Crippen LogP contribution in [0, 0.1) is 0 Å². The van der Waals surface area contributed by atoms with Crippen LogP contribution in [-0.2, 0) is 10.9 Å². The maximum atomic E-state index is 12.7. The molecule has 0 bridgehead atoms. The molecular weight excluding hydrogens is 271 g/mol. The van der Waals surface area contributed by atoms with E-state index in [2.05, 4.69) is 9.72 Å². The van der Waals surface area contributed by atoms with Gasteiger partial charge in [-0.2, -0.15) is 13.2 Å². The average Bonchev–Trinajstić information content (AvgIpc) is 2.46. The molecule has 2 rings (SSSR count). The van der Waals surface area contributed by atoms with E-state index in [1.807, 2.05) is 0 Å². The third-order valence-corrected chi connectivity index (χ3v) is 2.67. The zero-order valence-electron chi connectivity index (χ0n) is 10.4. The Morgan fingerprint density at radius 2 is 1.95 bits per heavy atom. The molecule has 1 aromatic carbocycles. The van der Waals surface area contributed by atoms with E-state index in [-0.39, 0.29) is 16.8 Å². The SMILES string of the molecule is COC(=O)c1ccnc(-c2cccc(C(F)(F)F)c2)c1. The number of benzene rings is 1. The number of aromatic nitrogens is 1. The van der Waals surface area contributed by atoms with Crippen molar-refractivity contribution < 1.29 is 22.7 Å². The van der Waals surface area contributed by atoms with E-state index in [0.717, 1.165) is 12.1 Å². The number of esters is 1. The van der Waals surface area contributed by atoms with Crippen molar-refractivity contribution in [1.29, 1.82) is 0 Å². The minimum atomic E-state index is -4.42. The number of carbonyl (C=O) groups excluding carboxylic acids is 1. The lowest BCUT2D eigenvalue weighted by molar-refractivity contribution is -0.137. The number of hydrogen-bond donors (Lipinski definition) is 0. The molecule has 0 N–H and O–H groups in total. The minimum absolute atomic E-state index is 0.231. The molecule has 1 heterocycles. The minimum Gasteiger partial charge on any atom is -0.465 e. The smallest absolute Gasteiger partial charge is 0.416 e. The Kier molecular flexibility index (Phi) is 3.74. The lowest BCUT2D eigenvalue weighted by Crippen LogP contribution is -2.05. The van der Waals surface area contributed by atoms with Crippen molar-refractivity contribution in [2.45, 2.75) is 6.18 Å². The van der Waals surface area contributed by atoms with Gasteiger partial charge in [0.05, 0.1) is 23.9 Å². The average molecular weight is 281 g/mol. The topological polar surface area (TPSA) is 39.2 Å². The summed E-state index contributed by atoms with van der Waals surface area (Å²) in [7, 11) is 1.23. The molecule has 2 aromatic rings. The molecule has 0 spiro atoms. The van der Waals surface area contributed by atoms with Crippen molar-refractivity contribution in [3.8, 4) is 11.3 Å². The highest BCUT2D eigenvalue weighted by Crippen LogP contribution is 2.31. The summed E-state index contributed by atoms with van der Waals surface area (Å²) in [4.78, 5) is 15.4. The van der Waals surface area contributed by atoms with Gasteiger partial charge in [0.25, 0.3) is 0 Å². The molecule has 0 unspecified atom stereocenters. The van der Waals surface area contributed by atoms with Crippen molar-refractivity contribution in [2.24, 2.45) is 0 Å². The van der Waals surface area contributed by atoms with Crippen molar-refractivity contribution in [3.63, 3.8) is 0 Å². The van der Waals surface area contributed by atoms with Crippen LogP contribution < -0.4 is 0 Å². The quantitative estimate of drug-likeness (QED) is 0.790. The van der Waals surface area contributed by atoms with Crippen molar-refractivity contribution in [1.82, 2.24) is 4.98 Å². The molecule has 0 fully saturated rings. The maximum Gasteiger partial charge on any atom is 0.416 e.